The first-order valence-electron chi connectivity index (χ1n) is 15.9. The second-order valence-electron chi connectivity index (χ2n) is 12.0. The Morgan fingerprint density at radius 2 is 0.938 bits per heavy atom. The Labute approximate surface area is 274 Å². The van der Waals surface area contributed by atoms with E-state index in [1.165, 1.54) is 5.39 Å². The third-order valence-electron chi connectivity index (χ3n) is 9.11. The molecule has 0 radical (unpaired) electrons. The molecule has 0 saturated carbocycles. The van der Waals surface area contributed by atoms with E-state index in [4.69, 9.17) is 23.8 Å². The Hall–Kier alpha value is -6.59. The minimum absolute atomic E-state index is 0.592. The third-order valence-corrected chi connectivity index (χ3v) is 9.11. The van der Waals surface area contributed by atoms with Crippen LogP contribution in [0.3, 0.4) is 0 Å². The number of furan rings is 2. The Morgan fingerprint density at radius 3 is 1.69 bits per heavy atom. The molecule has 0 aliphatic rings. The van der Waals surface area contributed by atoms with E-state index >= 15 is 0 Å². The minimum atomic E-state index is 0.592. The summed E-state index contributed by atoms with van der Waals surface area (Å²) >= 11 is 0. The van der Waals surface area contributed by atoms with Crippen LogP contribution in [0.25, 0.3) is 99.9 Å². The summed E-state index contributed by atoms with van der Waals surface area (Å²) in [6.07, 6.45) is 0. The van der Waals surface area contributed by atoms with Crippen LogP contribution >= 0.6 is 0 Å². The van der Waals surface area contributed by atoms with Crippen LogP contribution in [-0.2, 0) is 0 Å². The highest BCUT2D eigenvalue weighted by molar-refractivity contribution is 6.17. The van der Waals surface area contributed by atoms with Crippen molar-refractivity contribution in [1.82, 2.24) is 15.0 Å². The monoisotopic (exact) mass is 615 g/mol. The van der Waals surface area contributed by atoms with E-state index in [9.17, 15) is 0 Å². The quantitative estimate of drug-likeness (QED) is 0.197. The molecule has 0 unspecified atom stereocenters. The number of hydrogen-bond donors (Lipinski definition) is 0. The zero-order chi connectivity index (χ0) is 31.6. The second-order valence-corrected chi connectivity index (χ2v) is 12.0. The molecule has 3 heterocycles. The van der Waals surface area contributed by atoms with Gasteiger partial charge in [0.05, 0.1) is 0 Å². The molecule has 0 bridgehead atoms. The SMILES string of the molecule is c1ccc(-c2nc(-c3ccccc3)nc(-c3ccc(-c4ccc5oc6cc7ccccc7cc6c5c4)c4oc5ccccc5c34)n2)cc1. The van der Waals surface area contributed by atoms with Crippen molar-refractivity contribution >= 4 is 54.6 Å². The fourth-order valence-corrected chi connectivity index (χ4v) is 6.80. The predicted molar refractivity (Wildman–Crippen MR) is 194 cm³/mol. The molecule has 0 spiro atoms. The average Bonchev–Trinajstić information content (AvgIpc) is 3.72. The molecule has 5 nitrogen and oxygen atoms in total. The van der Waals surface area contributed by atoms with E-state index in [1.807, 2.05) is 78.9 Å². The number of hydrogen-bond acceptors (Lipinski definition) is 5. The molecule has 48 heavy (non-hydrogen) atoms. The van der Waals surface area contributed by atoms with Gasteiger partial charge in [0.25, 0.3) is 0 Å². The number of para-hydroxylation sites is 1. The molecule has 7 aromatic carbocycles. The molecule has 0 N–H and O–H groups in total. The van der Waals surface area contributed by atoms with Crippen molar-refractivity contribution in [3.8, 4) is 45.3 Å². The smallest absolute Gasteiger partial charge is 0.164 e. The summed E-state index contributed by atoms with van der Waals surface area (Å²) in [5.41, 5.74) is 8.10. The second kappa shape index (κ2) is 10.5. The highest BCUT2D eigenvalue weighted by Gasteiger charge is 2.21. The van der Waals surface area contributed by atoms with Crippen LogP contribution in [-0.4, -0.2) is 15.0 Å². The summed E-state index contributed by atoms with van der Waals surface area (Å²) in [6.45, 7) is 0. The van der Waals surface area contributed by atoms with Gasteiger partial charge < -0.3 is 8.83 Å². The molecule has 10 rings (SSSR count). The molecule has 0 aliphatic heterocycles. The normalized spacial score (nSPS) is 11.8. The van der Waals surface area contributed by atoms with Crippen LogP contribution in [0.15, 0.2) is 160 Å². The lowest BCUT2D eigenvalue weighted by atomic mass is 9.96. The van der Waals surface area contributed by atoms with Crippen LogP contribution in [0.2, 0.25) is 0 Å². The summed E-state index contributed by atoms with van der Waals surface area (Å²) in [6, 6.07) is 51.6. The highest BCUT2D eigenvalue weighted by atomic mass is 16.3. The fraction of sp³-hybridized carbons (Fsp3) is 0. The Bertz CT molecular complexity index is 2780. The number of aromatic nitrogens is 3. The standard InChI is InChI=1S/C43H25N3O2/c1-3-11-26(12-4-1)41-44-42(27-13-5-2-6-14-27)46-43(45-41)33-21-20-31(40-39(33)32-17-9-10-18-36(32)48-40)30-19-22-37-34(24-30)35-23-28-15-7-8-16-29(28)25-38(35)47-37/h1-25H. The summed E-state index contributed by atoms with van der Waals surface area (Å²) in [5, 5.41) is 6.48. The van der Waals surface area contributed by atoms with Crippen LogP contribution in [0.4, 0.5) is 0 Å². The average molecular weight is 616 g/mol. The Balaban J connectivity index is 1.22. The van der Waals surface area contributed by atoms with Gasteiger partial charge in [-0.3, -0.25) is 0 Å². The molecule has 224 valence electrons. The lowest BCUT2D eigenvalue weighted by Crippen LogP contribution is -2.00. The van der Waals surface area contributed by atoms with Crippen molar-refractivity contribution in [3.05, 3.63) is 152 Å². The lowest BCUT2D eigenvalue weighted by Gasteiger charge is -2.11. The lowest BCUT2D eigenvalue weighted by molar-refractivity contribution is 0.668. The summed E-state index contributed by atoms with van der Waals surface area (Å²) in [4.78, 5) is 15.0. The predicted octanol–water partition coefficient (Wildman–Crippen LogP) is 11.5. The van der Waals surface area contributed by atoms with Gasteiger partial charge in [-0.15, -0.1) is 0 Å². The van der Waals surface area contributed by atoms with Crippen LogP contribution in [0.5, 0.6) is 0 Å². The molecule has 0 aliphatic carbocycles. The van der Waals surface area contributed by atoms with Crippen molar-refractivity contribution < 1.29 is 8.83 Å². The van der Waals surface area contributed by atoms with Gasteiger partial charge >= 0.3 is 0 Å². The maximum absolute atomic E-state index is 6.67. The highest BCUT2D eigenvalue weighted by Crippen LogP contribution is 2.43. The summed E-state index contributed by atoms with van der Waals surface area (Å²) in [7, 11) is 0. The van der Waals surface area contributed by atoms with Gasteiger partial charge in [-0.1, -0.05) is 109 Å². The number of fused-ring (bicyclic) bond motifs is 7. The van der Waals surface area contributed by atoms with Gasteiger partial charge in [0.15, 0.2) is 17.5 Å². The first-order chi connectivity index (χ1) is 23.8. The van der Waals surface area contributed by atoms with Crippen molar-refractivity contribution in [2.24, 2.45) is 0 Å². The molecule has 10 aromatic rings. The van der Waals surface area contributed by atoms with Crippen molar-refractivity contribution in [1.29, 1.82) is 0 Å². The Morgan fingerprint density at radius 1 is 0.354 bits per heavy atom. The third kappa shape index (κ3) is 4.22. The van der Waals surface area contributed by atoms with Gasteiger partial charge in [-0.25, -0.2) is 15.0 Å². The number of rotatable bonds is 4. The maximum atomic E-state index is 6.67. The molecule has 3 aromatic heterocycles. The molecule has 0 atom stereocenters. The van der Waals surface area contributed by atoms with Crippen LogP contribution < -0.4 is 0 Å². The van der Waals surface area contributed by atoms with Crippen molar-refractivity contribution in [3.63, 3.8) is 0 Å². The summed E-state index contributed by atoms with van der Waals surface area (Å²) in [5.74, 6) is 1.83. The van der Waals surface area contributed by atoms with E-state index < -0.39 is 0 Å². The van der Waals surface area contributed by atoms with Gasteiger partial charge in [0.1, 0.15) is 22.3 Å². The topological polar surface area (TPSA) is 65.0 Å². The number of benzene rings is 7. The summed E-state index contributed by atoms with van der Waals surface area (Å²) < 4.78 is 13.0. The van der Waals surface area contributed by atoms with E-state index in [-0.39, 0.29) is 0 Å². The fourth-order valence-electron chi connectivity index (χ4n) is 6.80. The van der Waals surface area contributed by atoms with E-state index in [1.54, 1.807) is 0 Å². The molecular weight excluding hydrogens is 590 g/mol. The van der Waals surface area contributed by atoms with E-state index in [2.05, 4.69) is 72.8 Å². The van der Waals surface area contributed by atoms with Crippen molar-refractivity contribution in [2.75, 3.05) is 0 Å². The first kappa shape index (κ1) is 26.6. The molecule has 0 fully saturated rings. The Kier molecular flexibility index (Phi) is 5.81. The zero-order valence-corrected chi connectivity index (χ0v) is 25.6. The largest absolute Gasteiger partial charge is 0.456 e. The minimum Gasteiger partial charge on any atom is -0.456 e. The molecule has 0 amide bonds. The maximum Gasteiger partial charge on any atom is 0.164 e. The van der Waals surface area contributed by atoms with Crippen molar-refractivity contribution in [2.45, 2.75) is 0 Å². The van der Waals surface area contributed by atoms with Crippen LogP contribution in [0, 0.1) is 0 Å². The molecule has 5 heteroatoms. The molecule has 0 saturated heterocycles. The molecular formula is C43H25N3O2. The van der Waals surface area contributed by atoms with Gasteiger partial charge in [0.2, 0.25) is 0 Å². The van der Waals surface area contributed by atoms with E-state index in [0.29, 0.717) is 17.5 Å². The zero-order valence-electron chi connectivity index (χ0n) is 25.6. The van der Waals surface area contributed by atoms with Gasteiger partial charge in [0, 0.05) is 43.8 Å². The van der Waals surface area contributed by atoms with Gasteiger partial charge in [-0.05, 0) is 58.8 Å². The van der Waals surface area contributed by atoms with Gasteiger partial charge in [-0.2, -0.15) is 0 Å². The number of nitrogens with zero attached hydrogens (tertiary/aromatic N) is 3. The van der Waals surface area contributed by atoms with Crippen LogP contribution in [0.1, 0.15) is 0 Å². The first-order valence-corrected chi connectivity index (χ1v) is 15.9. The van der Waals surface area contributed by atoms with E-state index in [0.717, 1.165) is 77.1 Å².